The quantitative estimate of drug-likeness (QED) is 0.698. The maximum atomic E-state index is 12.6. The molecule has 2 nitrogen and oxygen atoms in total. The van der Waals surface area contributed by atoms with Crippen molar-refractivity contribution in [3.63, 3.8) is 0 Å². The molecule has 2 aromatic carbocycles. The van der Waals surface area contributed by atoms with Crippen LogP contribution in [0.2, 0.25) is 0 Å². The minimum Gasteiger partial charge on any atom is -0.369 e. The van der Waals surface area contributed by atoms with Crippen LogP contribution in [-0.2, 0) is 4.74 Å². The SMILES string of the molecule is CCOC1c2ccccc2-c2ccc(C(=O)CC(C)C)c(C)c21. The van der Waals surface area contributed by atoms with Gasteiger partial charge in [0.25, 0.3) is 0 Å². The first-order valence-electron chi connectivity index (χ1n) is 8.42. The minimum absolute atomic E-state index is 0.0574. The zero-order valence-corrected chi connectivity index (χ0v) is 14.3. The molecule has 0 bridgehead atoms. The van der Waals surface area contributed by atoms with Gasteiger partial charge in [-0.3, -0.25) is 4.79 Å². The number of carbonyl (C=O) groups is 1. The molecular weight excluding hydrogens is 284 g/mol. The summed E-state index contributed by atoms with van der Waals surface area (Å²) >= 11 is 0. The van der Waals surface area contributed by atoms with Crippen LogP contribution >= 0.6 is 0 Å². The Kier molecular flexibility index (Phi) is 4.36. The molecule has 1 aliphatic rings. The summed E-state index contributed by atoms with van der Waals surface area (Å²) < 4.78 is 6.04. The zero-order chi connectivity index (χ0) is 16.6. The van der Waals surface area contributed by atoms with Crippen LogP contribution in [0.3, 0.4) is 0 Å². The van der Waals surface area contributed by atoms with Gasteiger partial charge in [-0.05, 0) is 47.6 Å². The van der Waals surface area contributed by atoms with Crippen LogP contribution in [0.25, 0.3) is 11.1 Å². The summed E-state index contributed by atoms with van der Waals surface area (Å²) in [6.45, 7) is 8.90. The molecule has 3 rings (SSSR count). The summed E-state index contributed by atoms with van der Waals surface area (Å²) in [6, 6.07) is 12.5. The van der Waals surface area contributed by atoms with Crippen LogP contribution in [-0.4, -0.2) is 12.4 Å². The molecule has 0 aromatic heterocycles. The molecule has 0 radical (unpaired) electrons. The fourth-order valence-electron chi connectivity index (χ4n) is 3.55. The van der Waals surface area contributed by atoms with Gasteiger partial charge in [-0.1, -0.05) is 50.2 Å². The zero-order valence-electron chi connectivity index (χ0n) is 14.3. The van der Waals surface area contributed by atoms with Gasteiger partial charge in [0.05, 0.1) is 0 Å². The number of ether oxygens (including phenoxy) is 1. The first kappa shape index (κ1) is 15.9. The summed E-state index contributed by atoms with van der Waals surface area (Å²) in [4.78, 5) is 12.6. The molecule has 0 amide bonds. The van der Waals surface area contributed by atoms with E-state index in [4.69, 9.17) is 4.74 Å². The predicted molar refractivity (Wildman–Crippen MR) is 93.9 cm³/mol. The van der Waals surface area contributed by atoms with Crippen molar-refractivity contribution in [2.45, 2.75) is 40.2 Å². The smallest absolute Gasteiger partial charge is 0.163 e. The van der Waals surface area contributed by atoms with E-state index in [1.54, 1.807) is 0 Å². The van der Waals surface area contributed by atoms with Crippen molar-refractivity contribution >= 4 is 5.78 Å². The lowest BCUT2D eigenvalue weighted by atomic mass is 9.91. The second kappa shape index (κ2) is 6.29. The van der Waals surface area contributed by atoms with Gasteiger partial charge in [-0.2, -0.15) is 0 Å². The molecule has 0 saturated heterocycles. The average Bonchev–Trinajstić information content (AvgIpc) is 2.83. The third-order valence-corrected chi connectivity index (χ3v) is 4.54. The highest BCUT2D eigenvalue weighted by atomic mass is 16.5. The molecule has 0 N–H and O–H groups in total. The highest BCUT2D eigenvalue weighted by molar-refractivity contribution is 5.99. The minimum atomic E-state index is -0.0574. The summed E-state index contributed by atoms with van der Waals surface area (Å²) in [7, 11) is 0. The van der Waals surface area contributed by atoms with E-state index in [0.29, 0.717) is 18.9 Å². The van der Waals surface area contributed by atoms with Crippen LogP contribution in [0.15, 0.2) is 36.4 Å². The fourth-order valence-corrected chi connectivity index (χ4v) is 3.55. The molecule has 1 atom stereocenters. The summed E-state index contributed by atoms with van der Waals surface area (Å²) in [5.74, 6) is 0.599. The summed E-state index contributed by atoms with van der Waals surface area (Å²) in [5.41, 5.74) is 6.73. The van der Waals surface area contributed by atoms with Gasteiger partial charge in [-0.25, -0.2) is 0 Å². The van der Waals surface area contributed by atoms with Crippen molar-refractivity contribution < 1.29 is 9.53 Å². The number of ketones is 1. The molecule has 0 saturated carbocycles. The highest BCUT2D eigenvalue weighted by Gasteiger charge is 2.31. The predicted octanol–water partition coefficient (Wildman–Crippen LogP) is 5.33. The summed E-state index contributed by atoms with van der Waals surface area (Å²) in [6.07, 6.45) is 0.532. The monoisotopic (exact) mass is 308 g/mol. The van der Waals surface area contributed by atoms with E-state index in [1.807, 2.05) is 13.0 Å². The van der Waals surface area contributed by atoms with Gasteiger partial charge < -0.3 is 4.74 Å². The topological polar surface area (TPSA) is 26.3 Å². The lowest BCUT2D eigenvalue weighted by Gasteiger charge is -2.18. The van der Waals surface area contributed by atoms with Crippen LogP contribution in [0.1, 0.15) is 60.3 Å². The van der Waals surface area contributed by atoms with Crippen molar-refractivity contribution in [3.8, 4) is 11.1 Å². The molecule has 0 spiro atoms. The van der Waals surface area contributed by atoms with Crippen molar-refractivity contribution in [2.24, 2.45) is 5.92 Å². The molecule has 1 aliphatic carbocycles. The highest BCUT2D eigenvalue weighted by Crippen LogP contribution is 2.47. The lowest BCUT2D eigenvalue weighted by Crippen LogP contribution is -2.10. The number of benzene rings is 2. The molecule has 23 heavy (non-hydrogen) atoms. The number of hydrogen-bond donors (Lipinski definition) is 0. The Morgan fingerprint density at radius 2 is 1.87 bits per heavy atom. The van der Waals surface area contributed by atoms with Gasteiger partial charge in [0.2, 0.25) is 0 Å². The van der Waals surface area contributed by atoms with Crippen molar-refractivity contribution in [1.82, 2.24) is 0 Å². The number of fused-ring (bicyclic) bond motifs is 3. The van der Waals surface area contributed by atoms with E-state index in [2.05, 4.69) is 51.1 Å². The van der Waals surface area contributed by atoms with Gasteiger partial charge in [-0.15, -0.1) is 0 Å². The van der Waals surface area contributed by atoms with E-state index >= 15 is 0 Å². The molecule has 2 heteroatoms. The van der Waals surface area contributed by atoms with Crippen LogP contribution in [0, 0.1) is 12.8 Å². The van der Waals surface area contributed by atoms with Crippen molar-refractivity contribution in [3.05, 3.63) is 58.7 Å². The Hall–Kier alpha value is -1.93. The van der Waals surface area contributed by atoms with Gasteiger partial charge in [0, 0.05) is 18.6 Å². The van der Waals surface area contributed by atoms with E-state index in [1.165, 1.54) is 22.3 Å². The Bertz CT molecular complexity index is 744. The van der Waals surface area contributed by atoms with Gasteiger partial charge >= 0.3 is 0 Å². The normalized spacial score (nSPS) is 15.6. The number of rotatable bonds is 5. The molecule has 0 heterocycles. The maximum Gasteiger partial charge on any atom is 0.163 e. The third kappa shape index (κ3) is 2.72. The van der Waals surface area contributed by atoms with Crippen LogP contribution < -0.4 is 0 Å². The number of carbonyl (C=O) groups excluding carboxylic acids is 1. The molecule has 1 unspecified atom stereocenters. The first-order chi connectivity index (χ1) is 11.0. The summed E-state index contributed by atoms with van der Waals surface area (Å²) in [5, 5.41) is 0. The molecule has 2 aromatic rings. The fraction of sp³-hybridized carbons (Fsp3) is 0.381. The van der Waals surface area contributed by atoms with Crippen LogP contribution in [0.5, 0.6) is 0 Å². The number of hydrogen-bond acceptors (Lipinski definition) is 2. The third-order valence-electron chi connectivity index (χ3n) is 4.54. The number of Topliss-reactive ketones (excluding diaryl/α,β-unsaturated/α-hetero) is 1. The Balaban J connectivity index is 2.12. The second-order valence-corrected chi connectivity index (χ2v) is 6.64. The van der Waals surface area contributed by atoms with Crippen molar-refractivity contribution in [2.75, 3.05) is 6.61 Å². The largest absolute Gasteiger partial charge is 0.369 e. The van der Waals surface area contributed by atoms with E-state index in [0.717, 1.165) is 11.1 Å². The molecular formula is C21H24O2. The van der Waals surface area contributed by atoms with Crippen LogP contribution in [0.4, 0.5) is 0 Å². The Morgan fingerprint density at radius 1 is 1.13 bits per heavy atom. The Labute approximate surface area is 138 Å². The van der Waals surface area contributed by atoms with Gasteiger partial charge in [0.15, 0.2) is 5.78 Å². The molecule has 120 valence electrons. The van der Waals surface area contributed by atoms with E-state index in [9.17, 15) is 4.79 Å². The average molecular weight is 308 g/mol. The maximum absolute atomic E-state index is 12.6. The Morgan fingerprint density at radius 3 is 2.57 bits per heavy atom. The van der Waals surface area contributed by atoms with E-state index in [-0.39, 0.29) is 11.9 Å². The standard InChI is InChI=1S/C21H24O2/c1-5-23-21-18-9-7-6-8-16(18)17-11-10-15(14(4)20(17)21)19(22)12-13(2)3/h6-11,13,21H,5,12H2,1-4H3. The van der Waals surface area contributed by atoms with Crippen molar-refractivity contribution in [1.29, 1.82) is 0 Å². The van der Waals surface area contributed by atoms with E-state index < -0.39 is 0 Å². The molecule has 0 fully saturated rings. The second-order valence-electron chi connectivity index (χ2n) is 6.64. The lowest BCUT2D eigenvalue weighted by molar-refractivity contribution is 0.0933. The molecule has 0 aliphatic heterocycles. The first-order valence-corrected chi connectivity index (χ1v) is 8.42. The van der Waals surface area contributed by atoms with Gasteiger partial charge in [0.1, 0.15) is 6.10 Å².